The summed E-state index contributed by atoms with van der Waals surface area (Å²) < 4.78 is 44.8. The van der Waals surface area contributed by atoms with E-state index in [9.17, 15) is 18.4 Å². The number of esters is 2. The maximum Gasteiger partial charge on any atom is 0.377 e. The van der Waals surface area contributed by atoms with E-state index in [2.05, 4.69) is 4.74 Å². The largest absolute Gasteiger partial charge is 0.497 e. The van der Waals surface area contributed by atoms with Crippen LogP contribution < -0.4 is 4.74 Å². The highest BCUT2D eigenvalue weighted by molar-refractivity contribution is 5.79. The Balaban J connectivity index is 2.03. The molecule has 3 rings (SSSR count). The van der Waals surface area contributed by atoms with Gasteiger partial charge in [0.15, 0.2) is 0 Å². The van der Waals surface area contributed by atoms with E-state index in [0.29, 0.717) is 24.2 Å². The maximum absolute atomic E-state index is 14.7. The zero-order valence-electron chi connectivity index (χ0n) is 15.5. The summed E-state index contributed by atoms with van der Waals surface area (Å²) >= 11 is 0. The van der Waals surface area contributed by atoms with Crippen LogP contribution in [0.25, 0.3) is 0 Å². The van der Waals surface area contributed by atoms with Crippen molar-refractivity contribution in [2.24, 2.45) is 11.8 Å². The second-order valence-corrected chi connectivity index (χ2v) is 7.14. The van der Waals surface area contributed by atoms with Gasteiger partial charge in [0, 0.05) is 5.92 Å². The molecule has 1 aliphatic heterocycles. The van der Waals surface area contributed by atoms with Crippen LogP contribution in [-0.4, -0.2) is 31.6 Å². The van der Waals surface area contributed by atoms with Gasteiger partial charge in [-0.1, -0.05) is 25.0 Å². The Morgan fingerprint density at radius 2 is 1.93 bits per heavy atom. The molecule has 2 fully saturated rings. The lowest BCUT2D eigenvalue weighted by Crippen LogP contribution is -2.44. The number of fused-ring (bicyclic) bond motifs is 1. The molecule has 148 valence electrons. The number of cyclic esters (lactones) is 1. The zero-order chi connectivity index (χ0) is 19.7. The molecule has 0 unspecified atom stereocenters. The molecule has 2 aliphatic rings. The van der Waals surface area contributed by atoms with Crippen molar-refractivity contribution in [1.29, 1.82) is 0 Å². The first-order valence-corrected chi connectivity index (χ1v) is 9.26. The number of alkyl halides is 2. The number of benzene rings is 1. The molecule has 0 bridgehead atoms. The van der Waals surface area contributed by atoms with Crippen LogP contribution in [0.4, 0.5) is 8.78 Å². The first-order valence-electron chi connectivity index (χ1n) is 9.26. The minimum Gasteiger partial charge on any atom is -0.497 e. The van der Waals surface area contributed by atoms with Gasteiger partial charge in [-0.3, -0.25) is 4.79 Å². The third kappa shape index (κ3) is 3.51. The van der Waals surface area contributed by atoms with Crippen molar-refractivity contribution < 1.29 is 32.6 Å². The fraction of sp³-hybridized carbons (Fsp3) is 0.600. The molecular formula is C20H24F2O5. The number of methoxy groups -OCH3 is 1. The molecule has 0 spiro atoms. The normalized spacial score (nSPS) is 27.6. The van der Waals surface area contributed by atoms with Crippen molar-refractivity contribution in [2.45, 2.75) is 50.6 Å². The number of carbonyl (C=O) groups excluding carboxylic acids is 2. The van der Waals surface area contributed by atoms with Crippen LogP contribution in [-0.2, 0) is 24.7 Å². The van der Waals surface area contributed by atoms with Crippen molar-refractivity contribution >= 4 is 11.9 Å². The summed E-state index contributed by atoms with van der Waals surface area (Å²) in [4.78, 5) is 24.3. The van der Waals surface area contributed by atoms with E-state index in [4.69, 9.17) is 9.47 Å². The Labute approximate surface area is 157 Å². The zero-order valence-corrected chi connectivity index (χ0v) is 15.5. The molecule has 5 nitrogen and oxygen atoms in total. The highest BCUT2D eigenvalue weighted by atomic mass is 19.3. The highest BCUT2D eigenvalue weighted by Crippen LogP contribution is 2.55. The summed E-state index contributed by atoms with van der Waals surface area (Å²) in [6.07, 6.45) is 2.00. The van der Waals surface area contributed by atoms with Crippen LogP contribution >= 0.6 is 0 Å². The minimum absolute atomic E-state index is 0.143. The SMILES string of the molecule is CCOC(=O)C(F)(F)C[C@@]1(c2ccc(OC)cc2)OC(=O)[C@H]2CCCC[C@H]21. The minimum atomic E-state index is -3.76. The molecule has 7 heteroatoms. The van der Waals surface area contributed by atoms with Gasteiger partial charge in [-0.25, -0.2) is 4.79 Å². The fourth-order valence-corrected chi connectivity index (χ4v) is 4.36. The van der Waals surface area contributed by atoms with Gasteiger partial charge in [-0.05, 0) is 37.5 Å². The molecule has 0 radical (unpaired) electrons. The van der Waals surface area contributed by atoms with Gasteiger partial charge < -0.3 is 14.2 Å². The lowest BCUT2D eigenvalue weighted by atomic mass is 9.68. The average molecular weight is 382 g/mol. The summed E-state index contributed by atoms with van der Waals surface area (Å²) in [5.41, 5.74) is -1.10. The fourth-order valence-electron chi connectivity index (χ4n) is 4.36. The number of hydrogen-bond acceptors (Lipinski definition) is 5. The Hall–Kier alpha value is -2.18. The first kappa shape index (κ1) is 19.6. The monoisotopic (exact) mass is 382 g/mol. The second kappa shape index (κ2) is 7.44. The van der Waals surface area contributed by atoms with E-state index < -0.39 is 41.7 Å². The summed E-state index contributed by atoms with van der Waals surface area (Å²) in [6, 6.07) is 6.54. The van der Waals surface area contributed by atoms with E-state index in [1.165, 1.54) is 14.0 Å². The number of halogens is 2. The molecule has 1 aromatic rings. The number of hydrogen-bond donors (Lipinski definition) is 0. The van der Waals surface area contributed by atoms with Crippen molar-refractivity contribution in [2.75, 3.05) is 13.7 Å². The van der Waals surface area contributed by atoms with Gasteiger partial charge in [0.2, 0.25) is 0 Å². The smallest absolute Gasteiger partial charge is 0.377 e. The Morgan fingerprint density at radius 1 is 1.26 bits per heavy atom. The molecule has 0 aromatic heterocycles. The lowest BCUT2D eigenvalue weighted by Gasteiger charge is -2.38. The van der Waals surface area contributed by atoms with Gasteiger partial charge in [0.05, 0.1) is 26.1 Å². The molecule has 3 atom stereocenters. The molecule has 1 aromatic carbocycles. The summed E-state index contributed by atoms with van der Waals surface area (Å²) in [5.74, 6) is -6.06. The number of rotatable bonds is 6. The van der Waals surface area contributed by atoms with E-state index in [1.807, 2.05) is 0 Å². The first-order chi connectivity index (χ1) is 12.8. The van der Waals surface area contributed by atoms with Crippen molar-refractivity contribution in [1.82, 2.24) is 0 Å². The van der Waals surface area contributed by atoms with Gasteiger partial charge in [0.25, 0.3) is 0 Å². The molecule has 1 aliphatic carbocycles. The Bertz CT molecular complexity index is 703. The molecule has 0 N–H and O–H groups in total. The van der Waals surface area contributed by atoms with E-state index in [1.54, 1.807) is 24.3 Å². The standard InChI is InChI=1S/C20H24F2O5/c1-3-26-18(24)20(21,22)12-19(13-8-10-14(25-2)11-9-13)16-7-5-4-6-15(16)17(23)27-19/h8-11,15-16H,3-7,12H2,1-2H3/t15-,16+,19-/m0/s1. The molecule has 1 heterocycles. The molecule has 1 saturated carbocycles. The van der Waals surface area contributed by atoms with Crippen LogP contribution in [0.3, 0.4) is 0 Å². The Morgan fingerprint density at radius 3 is 2.56 bits per heavy atom. The predicted molar refractivity (Wildman–Crippen MR) is 92.4 cm³/mol. The number of ether oxygens (including phenoxy) is 3. The lowest BCUT2D eigenvalue weighted by molar-refractivity contribution is -0.187. The molecule has 0 amide bonds. The van der Waals surface area contributed by atoms with Crippen LogP contribution in [0.1, 0.15) is 44.6 Å². The quantitative estimate of drug-likeness (QED) is 0.700. The Kier molecular flexibility index (Phi) is 5.40. The molecule has 1 saturated heterocycles. The second-order valence-electron chi connectivity index (χ2n) is 7.14. The summed E-state index contributed by atoms with van der Waals surface area (Å²) in [7, 11) is 1.51. The highest BCUT2D eigenvalue weighted by Gasteiger charge is 2.62. The maximum atomic E-state index is 14.7. The van der Waals surface area contributed by atoms with Gasteiger partial charge in [0.1, 0.15) is 11.4 Å². The topological polar surface area (TPSA) is 61.8 Å². The summed E-state index contributed by atoms with van der Waals surface area (Å²) in [5, 5.41) is 0. The van der Waals surface area contributed by atoms with Crippen molar-refractivity contribution in [3.05, 3.63) is 29.8 Å². The molecular weight excluding hydrogens is 358 g/mol. The van der Waals surface area contributed by atoms with Crippen LogP contribution in [0.5, 0.6) is 5.75 Å². The predicted octanol–water partition coefficient (Wildman–Crippen LogP) is 3.84. The molecule has 27 heavy (non-hydrogen) atoms. The van der Waals surface area contributed by atoms with Gasteiger partial charge in [-0.2, -0.15) is 8.78 Å². The van der Waals surface area contributed by atoms with E-state index >= 15 is 0 Å². The van der Waals surface area contributed by atoms with Gasteiger partial charge in [-0.15, -0.1) is 0 Å². The average Bonchev–Trinajstić information content (AvgIpc) is 2.95. The summed E-state index contributed by atoms with van der Waals surface area (Å²) in [6.45, 7) is 1.33. The van der Waals surface area contributed by atoms with Crippen LogP contribution in [0, 0.1) is 11.8 Å². The van der Waals surface area contributed by atoms with E-state index in [-0.39, 0.29) is 6.61 Å². The van der Waals surface area contributed by atoms with Crippen molar-refractivity contribution in [3.63, 3.8) is 0 Å². The third-order valence-electron chi connectivity index (χ3n) is 5.59. The van der Waals surface area contributed by atoms with Crippen LogP contribution in [0.15, 0.2) is 24.3 Å². The van der Waals surface area contributed by atoms with Gasteiger partial charge >= 0.3 is 17.9 Å². The van der Waals surface area contributed by atoms with Crippen LogP contribution in [0.2, 0.25) is 0 Å². The van der Waals surface area contributed by atoms with E-state index in [0.717, 1.165) is 12.8 Å². The third-order valence-corrected chi connectivity index (χ3v) is 5.59. The number of carbonyl (C=O) groups is 2. The van der Waals surface area contributed by atoms with Crippen molar-refractivity contribution in [3.8, 4) is 5.75 Å².